The number of anilines is 1. The van der Waals surface area contributed by atoms with Gasteiger partial charge in [-0.15, -0.1) is 6.58 Å². The fraction of sp³-hybridized carbons (Fsp3) is 0.217. The van der Waals surface area contributed by atoms with E-state index < -0.39 is 5.91 Å². The maximum Gasteiger partial charge on any atom is 0.266 e. The van der Waals surface area contributed by atoms with Gasteiger partial charge in [0, 0.05) is 11.3 Å². The molecule has 5 nitrogen and oxygen atoms in total. The Morgan fingerprint density at radius 1 is 1.29 bits per heavy atom. The van der Waals surface area contributed by atoms with Gasteiger partial charge in [-0.2, -0.15) is 5.26 Å². The van der Waals surface area contributed by atoms with Crippen molar-refractivity contribution in [1.82, 2.24) is 0 Å². The number of rotatable bonds is 8. The molecule has 144 valence electrons. The molecule has 0 heterocycles. The number of nitrogens with one attached hydrogen (secondary N) is 1. The fourth-order valence-corrected chi connectivity index (χ4v) is 2.80. The number of amides is 1. The van der Waals surface area contributed by atoms with Crippen LogP contribution in [0.5, 0.6) is 11.5 Å². The van der Waals surface area contributed by atoms with Crippen molar-refractivity contribution in [1.29, 1.82) is 5.26 Å². The minimum Gasteiger partial charge on any atom is -0.504 e. The van der Waals surface area contributed by atoms with E-state index in [1.54, 1.807) is 18.2 Å². The molecule has 28 heavy (non-hydrogen) atoms. The van der Waals surface area contributed by atoms with Crippen LogP contribution in [0, 0.1) is 11.3 Å². The molecule has 0 aliphatic heterocycles. The zero-order valence-electron chi connectivity index (χ0n) is 16.2. The monoisotopic (exact) mass is 376 g/mol. The molecule has 2 N–H and O–H groups in total. The van der Waals surface area contributed by atoms with Crippen molar-refractivity contribution < 1.29 is 14.6 Å². The Hall–Kier alpha value is -3.52. The van der Waals surface area contributed by atoms with Gasteiger partial charge >= 0.3 is 0 Å². The van der Waals surface area contributed by atoms with E-state index in [0.29, 0.717) is 35.6 Å². The van der Waals surface area contributed by atoms with Crippen LogP contribution in [0.25, 0.3) is 6.08 Å². The van der Waals surface area contributed by atoms with Gasteiger partial charge in [0.25, 0.3) is 5.91 Å². The van der Waals surface area contributed by atoms with Gasteiger partial charge in [-0.05, 0) is 55.2 Å². The Morgan fingerprint density at radius 2 is 2.04 bits per heavy atom. The highest BCUT2D eigenvalue weighted by molar-refractivity contribution is 6.10. The fourth-order valence-electron chi connectivity index (χ4n) is 2.80. The molecule has 0 aliphatic carbocycles. The van der Waals surface area contributed by atoms with Crippen LogP contribution < -0.4 is 10.1 Å². The van der Waals surface area contributed by atoms with Crippen molar-refractivity contribution in [2.45, 2.75) is 26.7 Å². The smallest absolute Gasteiger partial charge is 0.266 e. The quantitative estimate of drug-likeness (QED) is 0.400. The van der Waals surface area contributed by atoms with E-state index in [2.05, 4.69) is 11.9 Å². The summed E-state index contributed by atoms with van der Waals surface area (Å²) < 4.78 is 5.47. The molecular formula is C23H24N2O3. The highest BCUT2D eigenvalue weighted by atomic mass is 16.5. The lowest BCUT2D eigenvalue weighted by molar-refractivity contribution is -0.112. The number of hydrogen-bond donors (Lipinski definition) is 2. The van der Waals surface area contributed by atoms with Gasteiger partial charge in [0.05, 0.1) is 6.61 Å². The number of hydrogen-bond acceptors (Lipinski definition) is 4. The van der Waals surface area contributed by atoms with Crippen LogP contribution in [0.4, 0.5) is 5.69 Å². The maximum atomic E-state index is 12.6. The number of nitriles is 1. The lowest BCUT2D eigenvalue weighted by Gasteiger charge is -2.12. The number of ether oxygens (including phenoxy) is 1. The van der Waals surface area contributed by atoms with Crippen molar-refractivity contribution in [3.8, 4) is 17.6 Å². The van der Waals surface area contributed by atoms with E-state index in [1.807, 2.05) is 44.2 Å². The highest BCUT2D eigenvalue weighted by Gasteiger charge is 2.14. The van der Waals surface area contributed by atoms with Crippen LogP contribution in [0.1, 0.15) is 30.5 Å². The first-order valence-corrected chi connectivity index (χ1v) is 9.14. The van der Waals surface area contributed by atoms with E-state index in [4.69, 9.17) is 4.74 Å². The molecule has 2 aromatic rings. The Labute approximate surface area is 165 Å². The summed E-state index contributed by atoms with van der Waals surface area (Å²) in [5.74, 6) is -0.138. The lowest BCUT2D eigenvalue weighted by Crippen LogP contribution is -2.14. The molecule has 2 aromatic carbocycles. The lowest BCUT2D eigenvalue weighted by atomic mass is 10.0. The number of allylic oxidation sites excluding steroid dienone is 1. The molecule has 0 spiro atoms. The molecule has 0 aromatic heterocycles. The maximum absolute atomic E-state index is 12.6. The number of carbonyl (C=O) groups excluding carboxylic acids is 1. The van der Waals surface area contributed by atoms with Crippen molar-refractivity contribution in [2.75, 3.05) is 11.9 Å². The number of phenols is 1. The molecule has 0 unspecified atom stereocenters. The molecule has 2 rings (SSSR count). The van der Waals surface area contributed by atoms with Gasteiger partial charge < -0.3 is 15.2 Å². The second-order valence-electron chi connectivity index (χ2n) is 6.09. The molecule has 0 aliphatic rings. The topological polar surface area (TPSA) is 82.4 Å². The molecule has 0 saturated heterocycles. The zero-order chi connectivity index (χ0) is 20.5. The number of aromatic hydroxyl groups is 1. The third kappa shape index (κ3) is 5.01. The van der Waals surface area contributed by atoms with Crippen LogP contribution in [-0.2, 0) is 17.6 Å². The number of phenolic OH excluding ortho intramolecular Hbond substituents is 1. The standard InChI is InChI=1S/C23H24N2O3/c1-4-9-18-12-16(14-21(22(18)26)28-6-3)13-19(15-24)23(27)25-20-11-8-7-10-17(20)5-2/h4,7-8,10-14,26H,1,5-6,9H2,2-3H3,(H,25,27)/b19-13-. The van der Waals surface area contributed by atoms with Gasteiger partial charge in [-0.25, -0.2) is 0 Å². The second kappa shape index (κ2) is 9.98. The normalized spacial score (nSPS) is 10.8. The van der Waals surface area contributed by atoms with Crippen molar-refractivity contribution in [3.63, 3.8) is 0 Å². The summed E-state index contributed by atoms with van der Waals surface area (Å²) in [6.07, 6.45) is 4.35. The molecule has 5 heteroatoms. The molecule has 0 radical (unpaired) electrons. The van der Waals surface area contributed by atoms with E-state index in [-0.39, 0.29) is 11.3 Å². The molecule has 1 amide bonds. The number of para-hydroxylation sites is 1. The summed E-state index contributed by atoms with van der Waals surface area (Å²) in [4.78, 5) is 12.6. The largest absolute Gasteiger partial charge is 0.504 e. The zero-order valence-corrected chi connectivity index (χ0v) is 16.2. The minimum absolute atomic E-state index is 0.0383. The predicted octanol–water partition coefficient (Wildman–Crippen LogP) is 4.63. The van der Waals surface area contributed by atoms with Gasteiger partial charge in [0.15, 0.2) is 11.5 Å². The summed E-state index contributed by atoms with van der Waals surface area (Å²) in [5.41, 5.74) is 2.84. The molecular weight excluding hydrogens is 352 g/mol. The average molecular weight is 376 g/mol. The van der Waals surface area contributed by atoms with Crippen LogP contribution in [0.2, 0.25) is 0 Å². The van der Waals surface area contributed by atoms with Crippen molar-refractivity contribution in [2.24, 2.45) is 0 Å². The van der Waals surface area contributed by atoms with Gasteiger partial charge in [0.1, 0.15) is 11.6 Å². The van der Waals surface area contributed by atoms with Crippen LogP contribution in [-0.4, -0.2) is 17.6 Å². The molecule has 0 bridgehead atoms. The van der Waals surface area contributed by atoms with Gasteiger partial charge in [0.2, 0.25) is 0 Å². The first-order chi connectivity index (χ1) is 13.5. The van der Waals surface area contributed by atoms with Crippen LogP contribution >= 0.6 is 0 Å². The van der Waals surface area contributed by atoms with Crippen molar-refractivity contribution >= 4 is 17.7 Å². The Morgan fingerprint density at radius 3 is 2.68 bits per heavy atom. The van der Waals surface area contributed by atoms with E-state index >= 15 is 0 Å². The van der Waals surface area contributed by atoms with Gasteiger partial charge in [-0.1, -0.05) is 31.2 Å². The first kappa shape index (κ1) is 20.8. The number of aryl methyl sites for hydroxylation is 1. The van der Waals surface area contributed by atoms with E-state index in [9.17, 15) is 15.2 Å². The first-order valence-electron chi connectivity index (χ1n) is 9.14. The minimum atomic E-state index is -0.486. The number of nitrogens with zero attached hydrogens (tertiary/aromatic N) is 1. The second-order valence-corrected chi connectivity index (χ2v) is 6.09. The number of carbonyl (C=O) groups is 1. The Bertz CT molecular complexity index is 939. The van der Waals surface area contributed by atoms with Crippen molar-refractivity contribution in [3.05, 3.63) is 71.3 Å². The van der Waals surface area contributed by atoms with Crippen LogP contribution in [0.15, 0.2) is 54.6 Å². The molecule has 0 saturated carbocycles. The predicted molar refractivity (Wildman–Crippen MR) is 111 cm³/mol. The molecule has 0 atom stereocenters. The molecule has 0 fully saturated rings. The Balaban J connectivity index is 2.38. The summed E-state index contributed by atoms with van der Waals surface area (Å²) in [6, 6.07) is 12.7. The third-order valence-corrected chi connectivity index (χ3v) is 4.16. The van der Waals surface area contributed by atoms with Gasteiger partial charge in [-0.3, -0.25) is 4.79 Å². The summed E-state index contributed by atoms with van der Waals surface area (Å²) >= 11 is 0. The summed E-state index contributed by atoms with van der Waals surface area (Å²) in [6.45, 7) is 7.88. The highest BCUT2D eigenvalue weighted by Crippen LogP contribution is 2.33. The van der Waals surface area contributed by atoms with E-state index in [1.165, 1.54) is 6.08 Å². The van der Waals surface area contributed by atoms with Crippen LogP contribution in [0.3, 0.4) is 0 Å². The average Bonchev–Trinajstić information content (AvgIpc) is 2.70. The summed E-state index contributed by atoms with van der Waals surface area (Å²) in [7, 11) is 0. The van der Waals surface area contributed by atoms with E-state index in [0.717, 1.165) is 12.0 Å². The SMILES string of the molecule is C=CCc1cc(/C=C(/C#N)C(=O)Nc2ccccc2CC)cc(OCC)c1O. The number of benzene rings is 2. The summed E-state index contributed by atoms with van der Waals surface area (Å²) in [5, 5.41) is 22.6. The Kier molecular flexibility index (Phi) is 7.41. The third-order valence-electron chi connectivity index (χ3n) is 4.16.